The number of Topliss-reactive ketones (excluding diaryl/α,β-unsaturated/α-hetero) is 1. The zero-order chi connectivity index (χ0) is 13.2. The summed E-state index contributed by atoms with van der Waals surface area (Å²) in [5.41, 5.74) is 3.69. The lowest BCUT2D eigenvalue weighted by Gasteiger charge is -2.21. The molecule has 1 aromatic rings. The molecule has 0 heterocycles. The molecule has 0 unspecified atom stereocenters. The number of ether oxygens (including phenoxy) is 1. The molecule has 18 heavy (non-hydrogen) atoms. The van der Waals surface area contributed by atoms with E-state index in [-0.39, 0.29) is 11.4 Å². The number of rotatable bonds is 5. The van der Waals surface area contributed by atoms with Crippen molar-refractivity contribution >= 4 is 5.78 Å². The molecule has 1 aliphatic carbocycles. The van der Waals surface area contributed by atoms with Crippen LogP contribution in [0.5, 0.6) is 0 Å². The van der Waals surface area contributed by atoms with Crippen LogP contribution in [0.2, 0.25) is 0 Å². The molecule has 0 N–H and O–H groups in total. The average molecular weight is 246 g/mol. The molecule has 0 aromatic heterocycles. The lowest BCUT2D eigenvalue weighted by atomic mass is 9.96. The van der Waals surface area contributed by atoms with Crippen molar-refractivity contribution in [1.82, 2.24) is 0 Å². The Morgan fingerprint density at radius 3 is 2.72 bits per heavy atom. The van der Waals surface area contributed by atoms with Gasteiger partial charge in [0.05, 0.1) is 5.60 Å². The molecular weight excluding hydrogens is 224 g/mol. The molecule has 2 heteroatoms. The standard InChI is InChI=1S/C16H22O2/c1-16(2,18-3)11-15(17)10-12-7-8-13-5-4-6-14(13)9-12/h7-9H,4-6,10-11H2,1-3H3. The summed E-state index contributed by atoms with van der Waals surface area (Å²) in [6.45, 7) is 3.90. The zero-order valence-corrected chi connectivity index (χ0v) is 11.6. The Kier molecular flexibility index (Phi) is 3.86. The van der Waals surface area contributed by atoms with Gasteiger partial charge in [-0.2, -0.15) is 0 Å². The number of fused-ring (bicyclic) bond motifs is 1. The van der Waals surface area contributed by atoms with Crippen molar-refractivity contribution in [3.63, 3.8) is 0 Å². The Hall–Kier alpha value is -1.15. The molecule has 0 atom stereocenters. The fourth-order valence-corrected chi connectivity index (χ4v) is 2.57. The lowest BCUT2D eigenvalue weighted by Crippen LogP contribution is -2.27. The monoisotopic (exact) mass is 246 g/mol. The molecule has 1 aromatic carbocycles. The fraction of sp³-hybridized carbons (Fsp3) is 0.562. The van der Waals surface area contributed by atoms with Crippen molar-refractivity contribution in [2.45, 2.75) is 51.6 Å². The van der Waals surface area contributed by atoms with Crippen LogP contribution in [0.25, 0.3) is 0 Å². The van der Waals surface area contributed by atoms with Crippen LogP contribution < -0.4 is 0 Å². The van der Waals surface area contributed by atoms with Gasteiger partial charge >= 0.3 is 0 Å². The average Bonchev–Trinajstić information content (AvgIpc) is 2.75. The summed E-state index contributed by atoms with van der Waals surface area (Å²) >= 11 is 0. The number of aryl methyl sites for hydroxylation is 2. The van der Waals surface area contributed by atoms with Gasteiger partial charge in [0.15, 0.2) is 0 Å². The fourth-order valence-electron chi connectivity index (χ4n) is 2.57. The Morgan fingerprint density at radius 1 is 1.28 bits per heavy atom. The van der Waals surface area contributed by atoms with Crippen molar-refractivity contribution in [3.8, 4) is 0 Å². The Labute approximate surface area is 109 Å². The van der Waals surface area contributed by atoms with E-state index in [1.807, 2.05) is 13.8 Å². The van der Waals surface area contributed by atoms with Crippen molar-refractivity contribution in [1.29, 1.82) is 0 Å². The minimum absolute atomic E-state index is 0.250. The number of carbonyl (C=O) groups excluding carboxylic acids is 1. The van der Waals surface area contributed by atoms with Crippen LogP contribution in [0, 0.1) is 0 Å². The predicted molar refractivity (Wildman–Crippen MR) is 72.9 cm³/mol. The van der Waals surface area contributed by atoms with Crippen LogP contribution in [0.15, 0.2) is 18.2 Å². The van der Waals surface area contributed by atoms with Gasteiger partial charge in [0.25, 0.3) is 0 Å². The second kappa shape index (κ2) is 5.23. The third kappa shape index (κ3) is 3.20. The van der Waals surface area contributed by atoms with Crippen LogP contribution in [0.3, 0.4) is 0 Å². The summed E-state index contributed by atoms with van der Waals surface area (Å²) in [5, 5.41) is 0. The SMILES string of the molecule is COC(C)(C)CC(=O)Cc1ccc2c(c1)CCC2. The highest BCUT2D eigenvalue weighted by atomic mass is 16.5. The summed E-state index contributed by atoms with van der Waals surface area (Å²) in [6.07, 6.45) is 4.62. The minimum atomic E-state index is -0.353. The topological polar surface area (TPSA) is 26.3 Å². The van der Waals surface area contributed by atoms with E-state index in [0.29, 0.717) is 12.8 Å². The first-order valence-corrected chi connectivity index (χ1v) is 6.68. The highest BCUT2D eigenvalue weighted by molar-refractivity contribution is 5.81. The van der Waals surface area contributed by atoms with E-state index >= 15 is 0 Å². The first-order chi connectivity index (χ1) is 8.50. The molecule has 0 aliphatic heterocycles. The molecule has 0 fully saturated rings. The first-order valence-electron chi connectivity index (χ1n) is 6.68. The number of hydrogen-bond acceptors (Lipinski definition) is 2. The van der Waals surface area contributed by atoms with E-state index in [4.69, 9.17) is 4.74 Å². The predicted octanol–water partition coefficient (Wildman–Crippen LogP) is 3.10. The zero-order valence-electron chi connectivity index (χ0n) is 11.6. The minimum Gasteiger partial charge on any atom is -0.378 e. The molecule has 0 amide bonds. The van der Waals surface area contributed by atoms with E-state index in [1.165, 1.54) is 30.4 Å². The highest BCUT2D eigenvalue weighted by Gasteiger charge is 2.21. The summed E-state index contributed by atoms with van der Waals surface area (Å²) < 4.78 is 5.30. The van der Waals surface area contributed by atoms with Crippen LogP contribution in [0.1, 0.15) is 43.4 Å². The molecule has 98 valence electrons. The third-order valence-electron chi connectivity index (χ3n) is 3.74. The summed E-state index contributed by atoms with van der Waals surface area (Å²) in [5.74, 6) is 0.250. The van der Waals surface area contributed by atoms with E-state index in [9.17, 15) is 4.79 Å². The highest BCUT2D eigenvalue weighted by Crippen LogP contribution is 2.23. The van der Waals surface area contributed by atoms with Gasteiger partial charge in [0, 0.05) is 20.0 Å². The van der Waals surface area contributed by atoms with Gasteiger partial charge < -0.3 is 4.74 Å². The second-order valence-corrected chi connectivity index (χ2v) is 5.81. The third-order valence-corrected chi connectivity index (χ3v) is 3.74. The molecule has 0 radical (unpaired) electrons. The van der Waals surface area contributed by atoms with Crippen molar-refractivity contribution in [3.05, 3.63) is 34.9 Å². The summed E-state index contributed by atoms with van der Waals surface area (Å²) in [7, 11) is 1.66. The number of benzene rings is 1. The summed E-state index contributed by atoms with van der Waals surface area (Å²) in [6, 6.07) is 6.49. The largest absolute Gasteiger partial charge is 0.378 e. The molecule has 0 saturated carbocycles. The number of hydrogen-bond donors (Lipinski definition) is 0. The molecule has 1 aliphatic rings. The van der Waals surface area contributed by atoms with E-state index < -0.39 is 0 Å². The van der Waals surface area contributed by atoms with Crippen molar-refractivity contribution in [2.24, 2.45) is 0 Å². The quantitative estimate of drug-likeness (QED) is 0.798. The first kappa shape index (κ1) is 13.3. The molecular formula is C16H22O2. The number of ketones is 1. The van der Waals surface area contributed by atoms with Crippen molar-refractivity contribution in [2.75, 3.05) is 7.11 Å². The maximum absolute atomic E-state index is 12.0. The van der Waals surface area contributed by atoms with E-state index in [2.05, 4.69) is 18.2 Å². The van der Waals surface area contributed by atoms with Gasteiger partial charge in [-0.3, -0.25) is 4.79 Å². The maximum Gasteiger partial charge on any atom is 0.140 e. The van der Waals surface area contributed by atoms with Crippen LogP contribution in [-0.2, 0) is 28.8 Å². The smallest absolute Gasteiger partial charge is 0.140 e. The number of carbonyl (C=O) groups is 1. The van der Waals surface area contributed by atoms with Gasteiger partial charge in [-0.05, 0) is 49.8 Å². The van der Waals surface area contributed by atoms with Gasteiger partial charge in [0.1, 0.15) is 5.78 Å². The number of methoxy groups -OCH3 is 1. The molecule has 2 nitrogen and oxygen atoms in total. The van der Waals surface area contributed by atoms with Gasteiger partial charge in [-0.1, -0.05) is 18.2 Å². The summed E-state index contributed by atoms with van der Waals surface area (Å²) in [4.78, 5) is 12.0. The maximum atomic E-state index is 12.0. The molecule has 2 rings (SSSR count). The molecule has 0 bridgehead atoms. The molecule has 0 spiro atoms. The normalized spacial score (nSPS) is 14.6. The van der Waals surface area contributed by atoms with E-state index in [1.54, 1.807) is 7.11 Å². The lowest BCUT2D eigenvalue weighted by molar-refractivity contribution is -0.123. The van der Waals surface area contributed by atoms with Crippen LogP contribution >= 0.6 is 0 Å². The van der Waals surface area contributed by atoms with Crippen molar-refractivity contribution < 1.29 is 9.53 Å². The van der Waals surface area contributed by atoms with E-state index in [0.717, 1.165) is 5.56 Å². The Morgan fingerprint density at radius 2 is 2.00 bits per heavy atom. The Bertz CT molecular complexity index is 446. The molecule has 0 saturated heterocycles. The van der Waals surface area contributed by atoms with Crippen LogP contribution in [-0.4, -0.2) is 18.5 Å². The second-order valence-electron chi connectivity index (χ2n) is 5.81. The van der Waals surface area contributed by atoms with Gasteiger partial charge in [0.2, 0.25) is 0 Å². The van der Waals surface area contributed by atoms with Gasteiger partial charge in [-0.25, -0.2) is 0 Å². The Balaban J connectivity index is 1.99. The van der Waals surface area contributed by atoms with Crippen LogP contribution in [0.4, 0.5) is 0 Å². The van der Waals surface area contributed by atoms with Gasteiger partial charge in [-0.15, -0.1) is 0 Å².